The van der Waals surface area contributed by atoms with Gasteiger partial charge in [-0.05, 0) is 12.5 Å². The minimum Gasteiger partial charge on any atom is -0.299 e. The van der Waals surface area contributed by atoms with Crippen LogP contribution in [0.4, 0.5) is 0 Å². The van der Waals surface area contributed by atoms with Crippen molar-refractivity contribution in [2.24, 2.45) is 5.41 Å². The Hall–Kier alpha value is -1.12. The van der Waals surface area contributed by atoms with Crippen LogP contribution in [0.5, 0.6) is 0 Å². The summed E-state index contributed by atoms with van der Waals surface area (Å²) in [6.07, 6.45) is 4.63. The summed E-state index contributed by atoms with van der Waals surface area (Å²) in [6, 6.07) is 0. The van der Waals surface area contributed by atoms with Crippen molar-refractivity contribution in [3.63, 3.8) is 0 Å². The summed E-state index contributed by atoms with van der Waals surface area (Å²) in [7, 11) is 0. The van der Waals surface area contributed by atoms with Gasteiger partial charge in [-0.3, -0.25) is 9.48 Å². The van der Waals surface area contributed by atoms with E-state index < -0.39 is 0 Å². The minimum absolute atomic E-state index is 0.179. The average molecular weight is 192 g/mol. The second kappa shape index (κ2) is 2.94. The maximum absolute atomic E-state index is 11.4. The van der Waals surface area contributed by atoms with Gasteiger partial charge in [-0.2, -0.15) is 5.10 Å². The van der Waals surface area contributed by atoms with Crippen molar-refractivity contribution in [2.75, 3.05) is 0 Å². The van der Waals surface area contributed by atoms with Crippen LogP contribution in [0.25, 0.3) is 0 Å². The molecule has 3 nitrogen and oxygen atoms in total. The molecule has 0 amide bonds. The van der Waals surface area contributed by atoms with Crippen LogP contribution in [0.2, 0.25) is 0 Å². The number of nitrogens with zero attached hydrogens (tertiary/aromatic N) is 2. The van der Waals surface area contributed by atoms with Gasteiger partial charge in [-0.25, -0.2) is 0 Å². The average Bonchev–Trinajstić information content (AvgIpc) is 2.61. The number of hydrogen-bond acceptors (Lipinski definition) is 2. The summed E-state index contributed by atoms with van der Waals surface area (Å²) < 4.78 is 1.91. The summed E-state index contributed by atoms with van der Waals surface area (Å²) in [4.78, 5) is 11.4. The second-order valence-corrected chi connectivity index (χ2v) is 4.53. The third-order valence-electron chi connectivity index (χ3n) is 3.36. The normalized spacial score (nSPS) is 24.8. The van der Waals surface area contributed by atoms with E-state index in [1.165, 1.54) is 5.56 Å². The molecule has 1 saturated carbocycles. The standard InChI is InChI=1S/C11H16N2O/c1-4-13-7-8(6-12-13)9-5-10(14)11(9,2)3/h6-7,9H,4-5H2,1-3H3. The van der Waals surface area contributed by atoms with Gasteiger partial charge < -0.3 is 0 Å². The lowest BCUT2D eigenvalue weighted by atomic mass is 9.59. The summed E-state index contributed by atoms with van der Waals surface area (Å²) in [5.74, 6) is 0.738. The lowest BCUT2D eigenvalue weighted by Crippen LogP contribution is -2.43. The lowest BCUT2D eigenvalue weighted by molar-refractivity contribution is -0.137. The molecule has 0 aromatic carbocycles. The summed E-state index contributed by atoms with van der Waals surface area (Å²) in [6.45, 7) is 6.99. The monoisotopic (exact) mass is 192 g/mol. The fraction of sp³-hybridized carbons (Fsp3) is 0.636. The Morgan fingerprint density at radius 3 is 2.79 bits per heavy atom. The first-order valence-electron chi connectivity index (χ1n) is 5.11. The molecule has 76 valence electrons. The molecule has 1 heterocycles. The van der Waals surface area contributed by atoms with E-state index in [1.54, 1.807) is 0 Å². The number of aromatic nitrogens is 2. The number of Topliss-reactive ketones (excluding diaryl/α,β-unsaturated/α-hetero) is 1. The van der Waals surface area contributed by atoms with E-state index in [4.69, 9.17) is 0 Å². The van der Waals surface area contributed by atoms with Crippen molar-refractivity contribution in [3.8, 4) is 0 Å². The highest BCUT2D eigenvalue weighted by atomic mass is 16.1. The van der Waals surface area contributed by atoms with Gasteiger partial charge in [0.25, 0.3) is 0 Å². The smallest absolute Gasteiger partial charge is 0.139 e. The molecule has 1 aromatic heterocycles. The van der Waals surface area contributed by atoms with Crippen LogP contribution in [-0.4, -0.2) is 15.6 Å². The Bertz CT molecular complexity index is 365. The van der Waals surface area contributed by atoms with Crippen LogP contribution >= 0.6 is 0 Å². The van der Waals surface area contributed by atoms with Gasteiger partial charge in [0, 0.05) is 30.5 Å². The number of rotatable bonds is 2. The van der Waals surface area contributed by atoms with E-state index in [-0.39, 0.29) is 5.41 Å². The second-order valence-electron chi connectivity index (χ2n) is 4.53. The molecule has 2 rings (SSSR count). The Morgan fingerprint density at radius 2 is 2.36 bits per heavy atom. The fourth-order valence-corrected chi connectivity index (χ4v) is 2.03. The number of aryl methyl sites for hydroxylation is 1. The molecule has 1 aliphatic carbocycles. The van der Waals surface area contributed by atoms with Crippen molar-refractivity contribution in [3.05, 3.63) is 18.0 Å². The third-order valence-corrected chi connectivity index (χ3v) is 3.36. The molecule has 1 aromatic rings. The fourth-order valence-electron chi connectivity index (χ4n) is 2.03. The largest absolute Gasteiger partial charge is 0.299 e. The Kier molecular flexibility index (Phi) is 1.98. The number of carbonyl (C=O) groups is 1. The predicted molar refractivity (Wildman–Crippen MR) is 54.0 cm³/mol. The first-order chi connectivity index (χ1) is 6.55. The van der Waals surface area contributed by atoms with Gasteiger partial charge >= 0.3 is 0 Å². The summed E-state index contributed by atoms with van der Waals surface area (Å²) in [5.41, 5.74) is 1.03. The van der Waals surface area contributed by atoms with E-state index in [1.807, 2.05) is 24.7 Å². The molecule has 0 spiro atoms. The van der Waals surface area contributed by atoms with Crippen LogP contribution in [-0.2, 0) is 11.3 Å². The van der Waals surface area contributed by atoms with Gasteiger partial charge in [-0.15, -0.1) is 0 Å². The minimum atomic E-state index is -0.179. The molecule has 14 heavy (non-hydrogen) atoms. The SMILES string of the molecule is CCn1cc(C2CC(=O)C2(C)C)cn1. The molecule has 0 saturated heterocycles. The quantitative estimate of drug-likeness (QED) is 0.718. The molecule has 3 heteroatoms. The van der Waals surface area contributed by atoms with Gasteiger partial charge in [-0.1, -0.05) is 13.8 Å². The van der Waals surface area contributed by atoms with Crippen LogP contribution in [0.15, 0.2) is 12.4 Å². The third kappa shape index (κ3) is 1.19. The first kappa shape index (κ1) is 9.44. The zero-order chi connectivity index (χ0) is 10.3. The number of ketones is 1. The molecular formula is C11H16N2O. The Morgan fingerprint density at radius 1 is 1.64 bits per heavy atom. The van der Waals surface area contributed by atoms with E-state index in [2.05, 4.69) is 18.2 Å². The molecule has 1 aliphatic rings. The molecule has 1 unspecified atom stereocenters. The van der Waals surface area contributed by atoms with Gasteiger partial charge in [0.1, 0.15) is 5.78 Å². The highest BCUT2D eigenvalue weighted by Gasteiger charge is 2.48. The van der Waals surface area contributed by atoms with Gasteiger partial charge in [0.15, 0.2) is 0 Å². The van der Waals surface area contributed by atoms with E-state index in [0.29, 0.717) is 18.1 Å². The van der Waals surface area contributed by atoms with Crippen LogP contribution in [0, 0.1) is 5.41 Å². The van der Waals surface area contributed by atoms with Gasteiger partial charge in [0.2, 0.25) is 0 Å². The molecule has 0 radical (unpaired) electrons. The molecule has 0 N–H and O–H groups in total. The maximum atomic E-state index is 11.4. The number of hydrogen-bond donors (Lipinski definition) is 0. The van der Waals surface area contributed by atoms with E-state index >= 15 is 0 Å². The maximum Gasteiger partial charge on any atom is 0.139 e. The highest BCUT2D eigenvalue weighted by Crippen LogP contribution is 2.49. The molecular weight excluding hydrogens is 176 g/mol. The molecule has 0 bridgehead atoms. The van der Waals surface area contributed by atoms with Crippen LogP contribution in [0.1, 0.15) is 38.7 Å². The van der Waals surface area contributed by atoms with Crippen molar-refractivity contribution in [1.29, 1.82) is 0 Å². The zero-order valence-corrected chi connectivity index (χ0v) is 8.95. The summed E-state index contributed by atoms with van der Waals surface area (Å²) in [5, 5.41) is 4.23. The topological polar surface area (TPSA) is 34.9 Å². The van der Waals surface area contributed by atoms with Crippen molar-refractivity contribution < 1.29 is 4.79 Å². The molecule has 1 atom stereocenters. The number of carbonyl (C=O) groups excluding carboxylic acids is 1. The van der Waals surface area contributed by atoms with E-state index in [9.17, 15) is 4.79 Å². The predicted octanol–water partition coefficient (Wildman–Crippen LogP) is 1.99. The van der Waals surface area contributed by atoms with Crippen molar-refractivity contribution in [1.82, 2.24) is 9.78 Å². The zero-order valence-electron chi connectivity index (χ0n) is 8.95. The summed E-state index contributed by atoms with van der Waals surface area (Å²) >= 11 is 0. The lowest BCUT2D eigenvalue weighted by Gasteiger charge is -2.42. The van der Waals surface area contributed by atoms with Crippen LogP contribution < -0.4 is 0 Å². The van der Waals surface area contributed by atoms with Crippen molar-refractivity contribution in [2.45, 2.75) is 39.7 Å². The van der Waals surface area contributed by atoms with Crippen molar-refractivity contribution >= 4 is 5.78 Å². The van der Waals surface area contributed by atoms with E-state index in [0.717, 1.165) is 6.54 Å². The Balaban J connectivity index is 2.21. The first-order valence-corrected chi connectivity index (χ1v) is 5.11. The molecule has 1 fully saturated rings. The highest BCUT2D eigenvalue weighted by molar-refractivity contribution is 5.92. The Labute approximate surface area is 84.1 Å². The molecule has 0 aliphatic heterocycles. The van der Waals surface area contributed by atoms with Crippen LogP contribution in [0.3, 0.4) is 0 Å². The van der Waals surface area contributed by atoms with Gasteiger partial charge in [0.05, 0.1) is 6.20 Å².